The fourth-order valence-corrected chi connectivity index (χ4v) is 2.82. The van der Waals surface area contributed by atoms with Crippen LogP contribution in [0.2, 0.25) is 0 Å². The first kappa shape index (κ1) is 14.2. The van der Waals surface area contributed by atoms with E-state index in [-0.39, 0.29) is 11.4 Å². The third-order valence-electron chi connectivity index (χ3n) is 2.84. The van der Waals surface area contributed by atoms with E-state index in [0.717, 1.165) is 0 Å². The number of hydrogen-bond acceptors (Lipinski definition) is 4. The third kappa shape index (κ3) is 3.04. The number of rotatable bonds is 4. The van der Waals surface area contributed by atoms with E-state index in [1.807, 2.05) is 6.07 Å². The van der Waals surface area contributed by atoms with Gasteiger partial charge in [0.25, 0.3) is 0 Å². The van der Waals surface area contributed by atoms with Crippen LogP contribution in [0.3, 0.4) is 0 Å². The Morgan fingerprint density at radius 2 is 2.15 bits per heavy atom. The summed E-state index contributed by atoms with van der Waals surface area (Å²) in [6.45, 7) is 1.83. The number of nitrogens with one attached hydrogen (secondary N) is 1. The van der Waals surface area contributed by atoms with Crippen LogP contribution in [-0.2, 0) is 23.6 Å². The maximum absolute atomic E-state index is 12.1. The number of aromatic nitrogens is 2. The van der Waals surface area contributed by atoms with E-state index in [0.29, 0.717) is 16.8 Å². The topological polar surface area (TPSA) is 87.8 Å². The van der Waals surface area contributed by atoms with Gasteiger partial charge in [-0.3, -0.25) is 4.68 Å². The summed E-state index contributed by atoms with van der Waals surface area (Å²) in [5.74, 6) is 0. The normalized spacial score (nSPS) is 11.2. The van der Waals surface area contributed by atoms with Crippen LogP contribution in [0.1, 0.15) is 16.8 Å². The number of sulfonamides is 1. The van der Waals surface area contributed by atoms with Crippen molar-refractivity contribution in [2.75, 3.05) is 0 Å². The number of nitriles is 1. The minimum atomic E-state index is -3.61. The molecule has 0 fully saturated rings. The SMILES string of the molecule is Cc1cc(S(=O)(=O)NCc2ccn(C)n2)ccc1C#N. The van der Waals surface area contributed by atoms with Crippen molar-refractivity contribution < 1.29 is 8.42 Å². The van der Waals surface area contributed by atoms with Crippen molar-refractivity contribution >= 4 is 10.0 Å². The summed E-state index contributed by atoms with van der Waals surface area (Å²) in [4.78, 5) is 0.143. The Balaban J connectivity index is 2.18. The lowest BCUT2D eigenvalue weighted by molar-refractivity contribution is 0.579. The van der Waals surface area contributed by atoms with Crippen LogP contribution in [0.25, 0.3) is 0 Å². The van der Waals surface area contributed by atoms with Crippen LogP contribution < -0.4 is 4.72 Å². The zero-order chi connectivity index (χ0) is 14.8. The van der Waals surface area contributed by atoms with Gasteiger partial charge in [0.15, 0.2) is 0 Å². The van der Waals surface area contributed by atoms with Crippen molar-refractivity contribution in [3.05, 3.63) is 47.3 Å². The average molecular weight is 290 g/mol. The molecule has 0 saturated heterocycles. The molecule has 0 saturated carbocycles. The van der Waals surface area contributed by atoms with Gasteiger partial charge in [0.2, 0.25) is 10.0 Å². The molecule has 0 amide bonds. The van der Waals surface area contributed by atoms with Crippen molar-refractivity contribution in [1.29, 1.82) is 5.26 Å². The van der Waals surface area contributed by atoms with Crippen molar-refractivity contribution in [2.24, 2.45) is 7.05 Å². The Hall–Kier alpha value is -2.17. The van der Waals surface area contributed by atoms with E-state index in [1.54, 1.807) is 30.9 Å². The summed E-state index contributed by atoms with van der Waals surface area (Å²) in [7, 11) is -1.84. The first-order chi connectivity index (χ1) is 9.42. The Labute approximate surface area is 117 Å². The van der Waals surface area contributed by atoms with Crippen molar-refractivity contribution in [1.82, 2.24) is 14.5 Å². The highest BCUT2D eigenvalue weighted by molar-refractivity contribution is 7.89. The molecule has 1 aromatic heterocycles. The van der Waals surface area contributed by atoms with E-state index in [4.69, 9.17) is 5.26 Å². The largest absolute Gasteiger partial charge is 0.276 e. The molecule has 0 atom stereocenters. The lowest BCUT2D eigenvalue weighted by atomic mass is 10.1. The standard InChI is InChI=1S/C13H14N4O2S/c1-10-7-13(4-3-11(10)8-14)20(18,19)15-9-12-5-6-17(2)16-12/h3-7,15H,9H2,1-2H3. The second-order valence-electron chi connectivity index (χ2n) is 4.39. The van der Waals surface area contributed by atoms with Gasteiger partial charge in [-0.2, -0.15) is 10.4 Å². The minimum Gasteiger partial charge on any atom is -0.276 e. The number of nitrogens with zero attached hydrogens (tertiary/aromatic N) is 3. The van der Waals surface area contributed by atoms with Gasteiger partial charge in [-0.15, -0.1) is 0 Å². The van der Waals surface area contributed by atoms with E-state index in [1.165, 1.54) is 18.2 Å². The second-order valence-corrected chi connectivity index (χ2v) is 6.16. The number of aryl methyl sites for hydroxylation is 2. The fourth-order valence-electron chi connectivity index (χ4n) is 1.74. The van der Waals surface area contributed by atoms with E-state index in [9.17, 15) is 8.42 Å². The Kier molecular flexibility index (Phi) is 3.88. The second kappa shape index (κ2) is 5.45. The molecule has 0 radical (unpaired) electrons. The molecule has 0 aliphatic rings. The Bertz CT molecular complexity index is 772. The molecule has 7 heteroatoms. The molecule has 104 valence electrons. The summed E-state index contributed by atoms with van der Waals surface area (Å²) in [6, 6.07) is 8.16. The van der Waals surface area contributed by atoms with E-state index in [2.05, 4.69) is 9.82 Å². The van der Waals surface area contributed by atoms with Crippen LogP contribution in [0.15, 0.2) is 35.4 Å². The number of hydrogen-bond donors (Lipinski definition) is 1. The average Bonchev–Trinajstić information content (AvgIpc) is 2.82. The molecule has 1 aromatic carbocycles. The van der Waals surface area contributed by atoms with Crippen LogP contribution >= 0.6 is 0 Å². The summed E-state index contributed by atoms with van der Waals surface area (Å²) >= 11 is 0. The van der Waals surface area contributed by atoms with Crippen LogP contribution in [0.5, 0.6) is 0 Å². The lowest BCUT2D eigenvalue weighted by Gasteiger charge is -2.07. The van der Waals surface area contributed by atoms with Gasteiger partial charge < -0.3 is 0 Å². The van der Waals surface area contributed by atoms with Gasteiger partial charge in [-0.1, -0.05) is 0 Å². The molecule has 0 unspecified atom stereocenters. The Morgan fingerprint density at radius 3 is 2.70 bits per heavy atom. The first-order valence-corrected chi connectivity index (χ1v) is 7.39. The fraction of sp³-hybridized carbons (Fsp3) is 0.231. The highest BCUT2D eigenvalue weighted by atomic mass is 32.2. The van der Waals surface area contributed by atoms with Gasteiger partial charge in [0.1, 0.15) is 0 Å². The predicted molar refractivity (Wildman–Crippen MR) is 73.1 cm³/mol. The molecule has 2 rings (SSSR count). The van der Waals surface area contributed by atoms with E-state index < -0.39 is 10.0 Å². The smallest absolute Gasteiger partial charge is 0.240 e. The minimum absolute atomic E-state index is 0.127. The quantitative estimate of drug-likeness (QED) is 0.912. The monoisotopic (exact) mass is 290 g/mol. The molecule has 20 heavy (non-hydrogen) atoms. The molecule has 0 bridgehead atoms. The van der Waals surface area contributed by atoms with Gasteiger partial charge in [-0.05, 0) is 36.8 Å². The lowest BCUT2D eigenvalue weighted by Crippen LogP contribution is -2.23. The van der Waals surface area contributed by atoms with Crippen LogP contribution in [0.4, 0.5) is 0 Å². The summed E-state index contributed by atoms with van der Waals surface area (Å²) < 4.78 is 28.4. The molecular weight excluding hydrogens is 276 g/mol. The number of benzene rings is 1. The van der Waals surface area contributed by atoms with Crippen molar-refractivity contribution in [3.63, 3.8) is 0 Å². The highest BCUT2D eigenvalue weighted by Gasteiger charge is 2.15. The zero-order valence-corrected chi connectivity index (χ0v) is 12.0. The van der Waals surface area contributed by atoms with Crippen LogP contribution in [0, 0.1) is 18.3 Å². The summed E-state index contributed by atoms with van der Waals surface area (Å²) in [6.07, 6.45) is 1.75. The van der Waals surface area contributed by atoms with Gasteiger partial charge in [0.05, 0.1) is 28.8 Å². The van der Waals surface area contributed by atoms with Gasteiger partial charge in [0, 0.05) is 13.2 Å². The Morgan fingerprint density at radius 1 is 1.40 bits per heavy atom. The maximum atomic E-state index is 12.1. The molecular formula is C13H14N4O2S. The van der Waals surface area contributed by atoms with Gasteiger partial charge in [-0.25, -0.2) is 13.1 Å². The maximum Gasteiger partial charge on any atom is 0.240 e. The summed E-state index contributed by atoms with van der Waals surface area (Å²) in [5.41, 5.74) is 1.74. The highest BCUT2D eigenvalue weighted by Crippen LogP contribution is 2.15. The molecule has 2 aromatic rings. The third-order valence-corrected chi connectivity index (χ3v) is 4.24. The van der Waals surface area contributed by atoms with E-state index >= 15 is 0 Å². The van der Waals surface area contributed by atoms with Gasteiger partial charge >= 0.3 is 0 Å². The molecule has 0 aliphatic heterocycles. The summed E-state index contributed by atoms with van der Waals surface area (Å²) in [5, 5.41) is 12.9. The molecule has 0 aliphatic carbocycles. The predicted octanol–water partition coefficient (Wildman–Crippen LogP) is 1.08. The van der Waals surface area contributed by atoms with Crippen molar-refractivity contribution in [2.45, 2.75) is 18.4 Å². The molecule has 6 nitrogen and oxygen atoms in total. The molecule has 1 heterocycles. The molecule has 1 N–H and O–H groups in total. The van der Waals surface area contributed by atoms with Crippen molar-refractivity contribution in [3.8, 4) is 6.07 Å². The molecule has 0 spiro atoms. The zero-order valence-electron chi connectivity index (χ0n) is 11.2. The van der Waals surface area contributed by atoms with Crippen LogP contribution in [-0.4, -0.2) is 18.2 Å². The first-order valence-electron chi connectivity index (χ1n) is 5.91.